The van der Waals surface area contributed by atoms with Gasteiger partial charge in [-0.2, -0.15) is 5.10 Å². The summed E-state index contributed by atoms with van der Waals surface area (Å²) >= 11 is 0. The third-order valence-electron chi connectivity index (χ3n) is 5.39. The summed E-state index contributed by atoms with van der Waals surface area (Å²) in [5.74, 6) is 0.377. The van der Waals surface area contributed by atoms with E-state index in [4.69, 9.17) is 0 Å². The second-order valence-corrected chi connectivity index (χ2v) is 7.95. The monoisotopic (exact) mass is 414 g/mol. The lowest BCUT2D eigenvalue weighted by molar-refractivity contribution is -0.121. The van der Waals surface area contributed by atoms with E-state index in [2.05, 4.69) is 36.4 Å². The Hall–Kier alpha value is -3.67. The van der Waals surface area contributed by atoms with Crippen molar-refractivity contribution in [1.29, 1.82) is 0 Å². The molecule has 0 atom stereocenters. The van der Waals surface area contributed by atoms with Crippen molar-refractivity contribution in [2.24, 2.45) is 0 Å². The molecule has 158 valence electrons. The highest BCUT2D eigenvalue weighted by atomic mass is 16.1. The molecule has 1 amide bonds. The van der Waals surface area contributed by atoms with Gasteiger partial charge in [-0.1, -0.05) is 68.4 Å². The molecule has 2 aromatic heterocycles. The number of nitrogens with zero attached hydrogens (tertiary/aromatic N) is 3. The molecule has 0 aliphatic rings. The summed E-state index contributed by atoms with van der Waals surface area (Å²) < 4.78 is 3.16. The molecule has 31 heavy (non-hydrogen) atoms. The minimum Gasteiger partial charge on any atom is -0.352 e. The highest BCUT2D eigenvalue weighted by molar-refractivity contribution is 5.75. The number of carbonyl (C=O) groups excluding carboxylic acids is 1. The third kappa shape index (κ3) is 4.74. The summed E-state index contributed by atoms with van der Waals surface area (Å²) in [6, 6.07) is 19.8. The number of aromatic nitrogens is 3. The van der Waals surface area contributed by atoms with Gasteiger partial charge in [-0.25, -0.2) is 4.52 Å². The minimum absolute atomic E-state index is 0.0879. The predicted molar refractivity (Wildman–Crippen MR) is 122 cm³/mol. The Labute approximate surface area is 181 Å². The van der Waals surface area contributed by atoms with E-state index in [0.717, 1.165) is 16.8 Å². The van der Waals surface area contributed by atoms with Gasteiger partial charge in [-0.15, -0.1) is 0 Å². The Bertz CT molecular complexity index is 1240. The van der Waals surface area contributed by atoms with Crippen LogP contribution in [0.2, 0.25) is 0 Å². The van der Waals surface area contributed by atoms with Gasteiger partial charge in [-0.05, 0) is 23.1 Å². The smallest absolute Gasteiger partial charge is 0.276 e. The fraction of sp³-hybridized carbons (Fsp3) is 0.240. The molecule has 0 unspecified atom stereocenters. The van der Waals surface area contributed by atoms with Gasteiger partial charge in [0.05, 0.1) is 5.69 Å². The maximum Gasteiger partial charge on any atom is 0.276 e. The van der Waals surface area contributed by atoms with E-state index in [0.29, 0.717) is 24.5 Å². The maximum atomic E-state index is 12.9. The summed E-state index contributed by atoms with van der Waals surface area (Å²) in [7, 11) is 0. The number of rotatable bonds is 7. The normalized spacial score (nSPS) is 11.2. The first-order valence-electron chi connectivity index (χ1n) is 10.5. The Morgan fingerprint density at radius 2 is 1.77 bits per heavy atom. The maximum absolute atomic E-state index is 12.9. The van der Waals surface area contributed by atoms with Crippen molar-refractivity contribution in [3.8, 4) is 11.3 Å². The zero-order valence-corrected chi connectivity index (χ0v) is 17.8. The number of amides is 1. The Kier molecular flexibility index (Phi) is 5.98. The van der Waals surface area contributed by atoms with Crippen molar-refractivity contribution >= 4 is 11.4 Å². The van der Waals surface area contributed by atoms with E-state index in [1.165, 1.54) is 5.56 Å². The molecule has 0 saturated heterocycles. The van der Waals surface area contributed by atoms with Crippen LogP contribution in [-0.4, -0.2) is 20.1 Å². The molecule has 4 rings (SSSR count). The van der Waals surface area contributed by atoms with Gasteiger partial charge < -0.3 is 9.88 Å². The van der Waals surface area contributed by atoms with Crippen molar-refractivity contribution in [3.63, 3.8) is 0 Å². The number of aryl methyl sites for hydroxylation is 1. The molecule has 0 saturated carbocycles. The summed E-state index contributed by atoms with van der Waals surface area (Å²) in [6.45, 7) is 5.11. The first kappa shape index (κ1) is 20.6. The van der Waals surface area contributed by atoms with Gasteiger partial charge >= 0.3 is 0 Å². The molecule has 0 fully saturated rings. The summed E-state index contributed by atoms with van der Waals surface area (Å²) in [6.07, 6.45) is 3.67. The minimum atomic E-state index is -0.157. The number of hydrogen-bond acceptors (Lipinski definition) is 3. The molecular formula is C25H26N4O2. The molecule has 2 aromatic carbocycles. The average Bonchev–Trinajstić information content (AvgIpc) is 3.23. The third-order valence-corrected chi connectivity index (χ3v) is 5.39. The van der Waals surface area contributed by atoms with Gasteiger partial charge in [0, 0.05) is 37.5 Å². The van der Waals surface area contributed by atoms with Gasteiger partial charge in [0.25, 0.3) is 5.56 Å². The molecule has 2 heterocycles. The Morgan fingerprint density at radius 3 is 2.48 bits per heavy atom. The number of carbonyl (C=O) groups is 1. The standard InChI is InChI=1S/C25H26N4O2/c1-18(2)20-8-10-21(11-9-20)22-16-23-25(31)28(14-15-29(23)27-22)13-12-24(30)26-17-19-6-4-3-5-7-19/h3-11,14-16,18H,12-13,17H2,1-2H3,(H,26,30). The van der Waals surface area contributed by atoms with E-state index in [1.807, 2.05) is 42.5 Å². The molecule has 0 radical (unpaired) electrons. The first-order chi connectivity index (χ1) is 15.0. The van der Waals surface area contributed by atoms with Gasteiger partial charge in [0.1, 0.15) is 5.52 Å². The molecule has 0 aliphatic heterocycles. The molecule has 1 N–H and O–H groups in total. The van der Waals surface area contributed by atoms with E-state index in [1.54, 1.807) is 27.5 Å². The average molecular weight is 415 g/mol. The van der Waals surface area contributed by atoms with Crippen molar-refractivity contribution < 1.29 is 4.79 Å². The van der Waals surface area contributed by atoms with Crippen LogP contribution in [0.1, 0.15) is 37.3 Å². The summed E-state index contributed by atoms with van der Waals surface area (Å²) in [5.41, 5.74) is 4.37. The van der Waals surface area contributed by atoms with E-state index >= 15 is 0 Å². The van der Waals surface area contributed by atoms with Crippen LogP contribution in [0.15, 0.2) is 77.9 Å². The second-order valence-electron chi connectivity index (χ2n) is 7.95. The van der Waals surface area contributed by atoms with Gasteiger partial charge in [0.15, 0.2) is 0 Å². The SMILES string of the molecule is CC(C)c1ccc(-c2cc3c(=O)n(CCC(=O)NCc4ccccc4)ccn3n2)cc1. The predicted octanol–water partition coefficient (Wildman–Crippen LogP) is 3.99. The highest BCUT2D eigenvalue weighted by Gasteiger charge is 2.11. The molecular weight excluding hydrogens is 388 g/mol. The molecule has 0 spiro atoms. The van der Waals surface area contributed by atoms with Crippen LogP contribution < -0.4 is 10.9 Å². The summed E-state index contributed by atoms with van der Waals surface area (Å²) in [5, 5.41) is 7.43. The zero-order valence-electron chi connectivity index (χ0n) is 17.8. The molecule has 6 nitrogen and oxygen atoms in total. The van der Waals surface area contributed by atoms with E-state index in [9.17, 15) is 9.59 Å². The van der Waals surface area contributed by atoms with Crippen LogP contribution in [0.4, 0.5) is 0 Å². The van der Waals surface area contributed by atoms with Gasteiger partial charge in [-0.3, -0.25) is 9.59 Å². The molecule has 0 aliphatic carbocycles. The van der Waals surface area contributed by atoms with Crippen LogP contribution in [0.3, 0.4) is 0 Å². The van der Waals surface area contributed by atoms with Crippen LogP contribution in [0.25, 0.3) is 16.8 Å². The lowest BCUT2D eigenvalue weighted by Crippen LogP contribution is -2.27. The van der Waals surface area contributed by atoms with Crippen LogP contribution >= 0.6 is 0 Å². The van der Waals surface area contributed by atoms with Crippen molar-refractivity contribution in [2.45, 2.75) is 39.3 Å². The van der Waals surface area contributed by atoms with Gasteiger partial charge in [0.2, 0.25) is 5.91 Å². The molecule has 4 aromatic rings. The lowest BCUT2D eigenvalue weighted by Gasteiger charge is -2.07. The zero-order chi connectivity index (χ0) is 21.8. The van der Waals surface area contributed by atoms with Crippen LogP contribution in [0, 0.1) is 0 Å². The number of fused-ring (bicyclic) bond motifs is 1. The fourth-order valence-corrected chi connectivity index (χ4v) is 3.49. The lowest BCUT2D eigenvalue weighted by atomic mass is 10.0. The highest BCUT2D eigenvalue weighted by Crippen LogP contribution is 2.22. The number of nitrogens with one attached hydrogen (secondary N) is 1. The largest absolute Gasteiger partial charge is 0.352 e. The van der Waals surface area contributed by atoms with Crippen molar-refractivity contribution in [3.05, 3.63) is 94.5 Å². The second kappa shape index (κ2) is 9.00. The first-order valence-corrected chi connectivity index (χ1v) is 10.5. The van der Waals surface area contributed by atoms with Crippen molar-refractivity contribution in [2.75, 3.05) is 0 Å². The Morgan fingerprint density at radius 1 is 1.03 bits per heavy atom. The van der Waals surface area contributed by atoms with Crippen LogP contribution in [-0.2, 0) is 17.9 Å². The molecule has 6 heteroatoms. The van der Waals surface area contributed by atoms with E-state index < -0.39 is 0 Å². The topological polar surface area (TPSA) is 68.4 Å². The quantitative estimate of drug-likeness (QED) is 0.497. The fourth-order valence-electron chi connectivity index (χ4n) is 3.49. The van der Waals surface area contributed by atoms with E-state index in [-0.39, 0.29) is 17.9 Å². The van der Waals surface area contributed by atoms with Crippen molar-refractivity contribution in [1.82, 2.24) is 19.5 Å². The number of hydrogen-bond donors (Lipinski definition) is 1. The number of benzene rings is 2. The Balaban J connectivity index is 1.45. The van der Waals surface area contributed by atoms with Crippen LogP contribution in [0.5, 0.6) is 0 Å². The molecule has 0 bridgehead atoms. The summed E-state index contributed by atoms with van der Waals surface area (Å²) in [4.78, 5) is 25.1.